The van der Waals surface area contributed by atoms with Gasteiger partial charge in [-0.3, -0.25) is 4.68 Å². The van der Waals surface area contributed by atoms with E-state index in [0.717, 1.165) is 5.56 Å². The second kappa shape index (κ2) is 5.29. The monoisotopic (exact) mass is 256 g/mol. The van der Waals surface area contributed by atoms with Gasteiger partial charge < -0.3 is 0 Å². The molecule has 0 spiro atoms. The van der Waals surface area contributed by atoms with Crippen molar-refractivity contribution in [3.8, 4) is 6.07 Å². The predicted molar refractivity (Wildman–Crippen MR) is 63.4 cm³/mol. The van der Waals surface area contributed by atoms with E-state index in [0.29, 0.717) is 0 Å². The summed E-state index contributed by atoms with van der Waals surface area (Å²) in [6.07, 6.45) is 3.60. The van der Waals surface area contributed by atoms with Gasteiger partial charge >= 0.3 is 0 Å². The molecule has 17 heavy (non-hydrogen) atoms. The van der Waals surface area contributed by atoms with Gasteiger partial charge in [-0.2, -0.15) is 10.4 Å². The minimum absolute atomic E-state index is 0.269. The Kier molecular flexibility index (Phi) is 4.26. The molecule has 0 bridgehead atoms. The van der Waals surface area contributed by atoms with Gasteiger partial charge in [-0.15, -0.1) is 0 Å². The molecule has 2 unspecified atom stereocenters. The van der Waals surface area contributed by atoms with Crippen LogP contribution in [0.5, 0.6) is 0 Å². The van der Waals surface area contributed by atoms with Crippen LogP contribution in [-0.2, 0) is 17.1 Å². The largest absolute Gasteiger partial charge is 0.275 e. The Morgan fingerprint density at radius 3 is 2.71 bits per heavy atom. The van der Waals surface area contributed by atoms with Crippen molar-refractivity contribution in [1.29, 1.82) is 5.26 Å². The molecule has 1 heterocycles. The lowest BCUT2D eigenvalue weighted by Crippen LogP contribution is -2.34. The maximum absolute atomic E-state index is 11.8. The van der Waals surface area contributed by atoms with E-state index < -0.39 is 21.3 Å². The van der Waals surface area contributed by atoms with Crippen LogP contribution in [0.1, 0.15) is 31.9 Å². The number of hydrogen-bond acceptors (Lipinski definition) is 4. The Balaban J connectivity index is 2.82. The highest BCUT2D eigenvalue weighted by atomic mass is 32.2. The molecule has 0 aliphatic heterocycles. The fraction of sp³-hybridized carbons (Fsp3) is 0.600. The van der Waals surface area contributed by atoms with Crippen LogP contribution in [0.25, 0.3) is 0 Å². The highest BCUT2D eigenvalue weighted by Gasteiger charge is 2.25. The second-order valence-electron chi connectivity index (χ2n) is 3.86. The van der Waals surface area contributed by atoms with E-state index in [1.807, 2.05) is 0 Å². The first-order valence-corrected chi connectivity index (χ1v) is 6.84. The molecule has 0 aromatic carbocycles. The minimum Gasteiger partial charge on any atom is -0.275 e. The van der Waals surface area contributed by atoms with Crippen molar-refractivity contribution in [3.05, 3.63) is 18.0 Å². The fourth-order valence-corrected chi connectivity index (χ4v) is 2.81. The Bertz CT molecular complexity index is 515. The van der Waals surface area contributed by atoms with E-state index >= 15 is 0 Å². The topological polar surface area (TPSA) is 87.8 Å². The van der Waals surface area contributed by atoms with Gasteiger partial charge in [0.25, 0.3) is 0 Å². The highest BCUT2D eigenvalue weighted by molar-refractivity contribution is 7.90. The molecular weight excluding hydrogens is 240 g/mol. The molecule has 1 N–H and O–H groups in total. The number of nitrogens with zero attached hydrogens (tertiary/aromatic N) is 3. The van der Waals surface area contributed by atoms with E-state index in [9.17, 15) is 8.42 Å². The van der Waals surface area contributed by atoms with Crippen LogP contribution < -0.4 is 4.72 Å². The number of aromatic nitrogens is 2. The van der Waals surface area contributed by atoms with Crippen molar-refractivity contribution in [3.63, 3.8) is 0 Å². The third-order valence-corrected chi connectivity index (χ3v) is 4.33. The number of aryl methyl sites for hydroxylation is 1. The lowest BCUT2D eigenvalue weighted by atomic mass is 10.2. The molecule has 0 fully saturated rings. The average Bonchev–Trinajstić information content (AvgIpc) is 2.65. The molecule has 0 saturated carbocycles. The Morgan fingerprint density at radius 1 is 1.65 bits per heavy atom. The van der Waals surface area contributed by atoms with Crippen molar-refractivity contribution in [2.45, 2.75) is 31.6 Å². The normalized spacial score (nSPS) is 15.2. The van der Waals surface area contributed by atoms with Crippen molar-refractivity contribution in [1.82, 2.24) is 14.5 Å². The third kappa shape index (κ3) is 3.28. The fourth-order valence-electron chi connectivity index (χ4n) is 1.44. The lowest BCUT2D eigenvalue weighted by Gasteiger charge is -2.14. The van der Waals surface area contributed by atoms with E-state index in [1.54, 1.807) is 44.0 Å². The van der Waals surface area contributed by atoms with Crippen LogP contribution in [0, 0.1) is 11.3 Å². The molecule has 0 amide bonds. The Hall–Kier alpha value is -1.39. The maximum atomic E-state index is 11.8. The van der Waals surface area contributed by atoms with Crippen LogP contribution in [0.3, 0.4) is 0 Å². The van der Waals surface area contributed by atoms with Crippen LogP contribution in [0.2, 0.25) is 0 Å². The average molecular weight is 256 g/mol. The molecule has 1 rings (SSSR count). The zero-order chi connectivity index (χ0) is 13.1. The zero-order valence-electron chi connectivity index (χ0n) is 10.1. The number of nitriles is 1. The smallest absolute Gasteiger partial charge is 0.228 e. The molecule has 0 radical (unpaired) electrons. The molecule has 1 aromatic heterocycles. The van der Waals surface area contributed by atoms with Crippen molar-refractivity contribution < 1.29 is 8.42 Å². The number of rotatable bonds is 5. The van der Waals surface area contributed by atoms with Crippen LogP contribution in [-0.4, -0.2) is 23.4 Å². The molecule has 0 aliphatic carbocycles. The first kappa shape index (κ1) is 13.7. The summed E-state index contributed by atoms with van der Waals surface area (Å²) in [6, 6.07) is 1.39. The van der Waals surface area contributed by atoms with Gasteiger partial charge in [-0.1, -0.05) is 6.92 Å². The van der Waals surface area contributed by atoms with Crippen molar-refractivity contribution in [2.75, 3.05) is 0 Å². The summed E-state index contributed by atoms with van der Waals surface area (Å²) >= 11 is 0. The van der Waals surface area contributed by atoms with Gasteiger partial charge in [0.2, 0.25) is 10.0 Å². The first-order chi connectivity index (χ1) is 7.90. The summed E-state index contributed by atoms with van der Waals surface area (Å²) in [5.41, 5.74) is 0.767. The summed E-state index contributed by atoms with van der Waals surface area (Å²) in [6.45, 7) is 3.39. The first-order valence-electron chi connectivity index (χ1n) is 5.30. The minimum atomic E-state index is -3.61. The van der Waals surface area contributed by atoms with Gasteiger partial charge in [0.15, 0.2) is 5.25 Å². The van der Waals surface area contributed by atoms with Crippen LogP contribution in [0.15, 0.2) is 12.4 Å². The third-order valence-electron chi connectivity index (χ3n) is 2.46. The van der Waals surface area contributed by atoms with Gasteiger partial charge in [0, 0.05) is 24.8 Å². The number of sulfonamides is 1. The van der Waals surface area contributed by atoms with E-state index in [-0.39, 0.29) is 6.42 Å². The lowest BCUT2D eigenvalue weighted by molar-refractivity contribution is 0.558. The summed E-state index contributed by atoms with van der Waals surface area (Å²) in [5, 5.41) is 11.7. The molecule has 0 saturated heterocycles. The molecule has 6 nitrogen and oxygen atoms in total. The van der Waals surface area contributed by atoms with Gasteiger partial charge in [-0.05, 0) is 13.3 Å². The second-order valence-corrected chi connectivity index (χ2v) is 5.75. The van der Waals surface area contributed by atoms with Gasteiger partial charge in [0.1, 0.15) is 0 Å². The molecule has 1 aromatic rings. The molecular formula is C10H16N4O2S. The highest BCUT2D eigenvalue weighted by Crippen LogP contribution is 2.14. The Labute approximate surface area is 101 Å². The molecule has 94 valence electrons. The van der Waals surface area contributed by atoms with Crippen molar-refractivity contribution in [2.24, 2.45) is 7.05 Å². The maximum Gasteiger partial charge on any atom is 0.228 e. The zero-order valence-corrected chi connectivity index (χ0v) is 10.9. The van der Waals surface area contributed by atoms with E-state index in [4.69, 9.17) is 5.26 Å². The standard InChI is InChI=1S/C10H16N4O2S/c1-4-10(5-11)17(15,16)13-8(2)9-6-12-14(3)7-9/h6-8,10,13H,4H2,1-3H3. The molecule has 0 aliphatic rings. The van der Waals surface area contributed by atoms with Crippen LogP contribution >= 0.6 is 0 Å². The summed E-state index contributed by atoms with van der Waals surface area (Å²) < 4.78 is 27.7. The predicted octanol–water partition coefficient (Wildman–Crippen LogP) is 0.703. The summed E-state index contributed by atoms with van der Waals surface area (Å²) in [7, 11) is -1.85. The number of nitrogens with one attached hydrogen (secondary N) is 1. The molecule has 2 atom stereocenters. The quantitative estimate of drug-likeness (QED) is 0.840. The summed E-state index contributed by atoms with van der Waals surface area (Å²) in [5.74, 6) is 0. The molecule has 7 heteroatoms. The van der Waals surface area contributed by atoms with E-state index in [2.05, 4.69) is 9.82 Å². The summed E-state index contributed by atoms with van der Waals surface area (Å²) in [4.78, 5) is 0. The van der Waals surface area contributed by atoms with Crippen molar-refractivity contribution >= 4 is 10.0 Å². The van der Waals surface area contributed by atoms with Gasteiger partial charge in [-0.25, -0.2) is 13.1 Å². The number of hydrogen-bond donors (Lipinski definition) is 1. The SMILES string of the molecule is CCC(C#N)S(=O)(=O)NC(C)c1cnn(C)c1. The van der Waals surface area contributed by atoms with Gasteiger partial charge in [0.05, 0.1) is 12.3 Å². The Morgan fingerprint density at radius 2 is 2.29 bits per heavy atom. The van der Waals surface area contributed by atoms with Crippen LogP contribution in [0.4, 0.5) is 0 Å². The van der Waals surface area contributed by atoms with E-state index in [1.165, 1.54) is 0 Å².